The molecule has 0 saturated heterocycles. The maximum absolute atomic E-state index is 12.5. The summed E-state index contributed by atoms with van der Waals surface area (Å²) in [6, 6.07) is 1.09. The second-order valence-corrected chi connectivity index (χ2v) is 8.15. The summed E-state index contributed by atoms with van der Waals surface area (Å²) >= 11 is 0. The first-order chi connectivity index (χ1) is 9.54. The molecule has 0 aliphatic heterocycles. The highest BCUT2D eigenvalue weighted by atomic mass is 32.2. The van der Waals surface area contributed by atoms with Crippen LogP contribution in [0, 0.1) is 5.92 Å². The summed E-state index contributed by atoms with van der Waals surface area (Å²) in [5, 5.41) is 9.19. The number of carboxylic acids is 1. The summed E-state index contributed by atoms with van der Waals surface area (Å²) in [4.78, 5) is 11.2. The Morgan fingerprint density at radius 2 is 2.00 bits per heavy atom. The summed E-state index contributed by atoms with van der Waals surface area (Å²) in [6.45, 7) is 7.34. The van der Waals surface area contributed by atoms with Crippen molar-refractivity contribution in [3.8, 4) is 0 Å². The van der Waals surface area contributed by atoms with Crippen LogP contribution in [0.5, 0.6) is 0 Å². The minimum absolute atomic E-state index is 0.00215. The maximum Gasteiger partial charge on any atom is 0.352 e. The van der Waals surface area contributed by atoms with Gasteiger partial charge < -0.3 is 9.67 Å². The highest BCUT2D eigenvalue weighted by Gasteiger charge is 2.41. The fourth-order valence-corrected chi connectivity index (χ4v) is 3.99. The van der Waals surface area contributed by atoms with Crippen LogP contribution in [0.2, 0.25) is 0 Å². The highest BCUT2D eigenvalue weighted by molar-refractivity contribution is 7.89. The van der Waals surface area contributed by atoms with Gasteiger partial charge in [0.05, 0.1) is 0 Å². The molecular formula is C14H22N2O4S. The van der Waals surface area contributed by atoms with Crippen LogP contribution in [0.25, 0.3) is 0 Å². The number of hydrogen-bond donors (Lipinski definition) is 2. The molecule has 0 radical (unpaired) electrons. The molecule has 21 heavy (non-hydrogen) atoms. The molecule has 0 unspecified atom stereocenters. The van der Waals surface area contributed by atoms with Crippen LogP contribution in [-0.4, -0.2) is 29.6 Å². The van der Waals surface area contributed by atoms with Crippen LogP contribution in [0.1, 0.15) is 57.1 Å². The fourth-order valence-electron chi connectivity index (χ4n) is 2.49. The number of hydrogen-bond acceptors (Lipinski definition) is 3. The zero-order chi connectivity index (χ0) is 16.0. The van der Waals surface area contributed by atoms with Crippen molar-refractivity contribution < 1.29 is 18.3 Å². The molecule has 1 aliphatic rings. The Kier molecular flexibility index (Phi) is 3.92. The van der Waals surface area contributed by atoms with E-state index in [4.69, 9.17) is 0 Å². The van der Waals surface area contributed by atoms with E-state index in [2.05, 4.69) is 4.72 Å². The van der Waals surface area contributed by atoms with E-state index in [0.717, 1.165) is 12.8 Å². The summed E-state index contributed by atoms with van der Waals surface area (Å²) in [5.41, 5.74) is -0.531. The van der Waals surface area contributed by atoms with Crippen LogP contribution >= 0.6 is 0 Å². The van der Waals surface area contributed by atoms with Crippen molar-refractivity contribution in [1.29, 1.82) is 0 Å². The van der Waals surface area contributed by atoms with E-state index < -0.39 is 21.5 Å². The van der Waals surface area contributed by atoms with E-state index >= 15 is 0 Å². The van der Waals surface area contributed by atoms with Crippen molar-refractivity contribution in [2.45, 2.75) is 57.0 Å². The Balaban J connectivity index is 2.36. The van der Waals surface area contributed by atoms with Gasteiger partial charge >= 0.3 is 5.97 Å². The first-order valence-corrected chi connectivity index (χ1v) is 8.52. The molecule has 1 fully saturated rings. The number of carboxylic acid groups (broad SMARTS) is 1. The molecule has 2 rings (SSSR count). The largest absolute Gasteiger partial charge is 0.477 e. The molecule has 0 amide bonds. The lowest BCUT2D eigenvalue weighted by molar-refractivity contribution is 0.0683. The number of carbonyl (C=O) groups is 1. The smallest absolute Gasteiger partial charge is 0.352 e. The van der Waals surface area contributed by atoms with Gasteiger partial charge in [-0.2, -0.15) is 0 Å². The van der Waals surface area contributed by atoms with Gasteiger partial charge in [0, 0.05) is 17.8 Å². The van der Waals surface area contributed by atoms with E-state index in [1.807, 2.05) is 27.7 Å². The van der Waals surface area contributed by atoms with Crippen LogP contribution in [-0.2, 0) is 10.0 Å². The molecule has 1 aromatic rings. The molecular weight excluding hydrogens is 292 g/mol. The fraction of sp³-hybridized carbons (Fsp3) is 0.643. The Labute approximate surface area is 125 Å². The summed E-state index contributed by atoms with van der Waals surface area (Å²) < 4.78 is 29.1. The number of rotatable bonds is 6. The monoisotopic (exact) mass is 314 g/mol. The normalized spacial score (nSPS) is 16.4. The van der Waals surface area contributed by atoms with Crippen molar-refractivity contribution in [1.82, 2.24) is 9.29 Å². The molecule has 118 valence electrons. The van der Waals surface area contributed by atoms with Crippen LogP contribution < -0.4 is 4.72 Å². The third-order valence-corrected chi connectivity index (χ3v) is 5.54. The summed E-state index contributed by atoms with van der Waals surface area (Å²) in [6.07, 6.45) is 3.42. The Morgan fingerprint density at radius 3 is 2.38 bits per heavy atom. The van der Waals surface area contributed by atoms with Gasteiger partial charge in [0.15, 0.2) is 0 Å². The van der Waals surface area contributed by atoms with E-state index in [1.54, 1.807) is 0 Å². The average Bonchev–Trinajstić information content (AvgIpc) is 3.06. The quantitative estimate of drug-likeness (QED) is 0.843. The molecule has 2 N–H and O–H groups in total. The molecule has 0 atom stereocenters. The third kappa shape index (κ3) is 3.29. The van der Waals surface area contributed by atoms with Gasteiger partial charge in [0.1, 0.15) is 10.6 Å². The van der Waals surface area contributed by atoms with Gasteiger partial charge in [0.2, 0.25) is 10.0 Å². The lowest BCUT2D eigenvalue weighted by atomic mass is 10.0. The van der Waals surface area contributed by atoms with Crippen molar-refractivity contribution in [2.24, 2.45) is 5.92 Å². The molecule has 1 aliphatic carbocycles. The molecule has 1 aromatic heterocycles. The number of nitrogens with zero attached hydrogens (tertiary/aromatic N) is 1. The van der Waals surface area contributed by atoms with E-state index in [9.17, 15) is 18.3 Å². The number of sulfonamides is 1. The molecule has 0 aromatic carbocycles. The van der Waals surface area contributed by atoms with Gasteiger partial charge in [-0.1, -0.05) is 0 Å². The van der Waals surface area contributed by atoms with Gasteiger partial charge in [-0.05, 0) is 52.5 Å². The minimum Gasteiger partial charge on any atom is -0.477 e. The minimum atomic E-state index is -3.73. The number of nitrogens with one attached hydrogen (secondary N) is 1. The first-order valence-electron chi connectivity index (χ1n) is 7.04. The number of aromatic carboxylic acids is 1. The number of aromatic nitrogens is 1. The molecule has 7 heteroatoms. The van der Waals surface area contributed by atoms with Crippen LogP contribution in [0.15, 0.2) is 17.2 Å². The van der Waals surface area contributed by atoms with Gasteiger partial charge in [0.25, 0.3) is 0 Å². The van der Waals surface area contributed by atoms with Crippen LogP contribution in [0.3, 0.4) is 0 Å². The topological polar surface area (TPSA) is 88.4 Å². The van der Waals surface area contributed by atoms with Gasteiger partial charge in [-0.15, -0.1) is 0 Å². The van der Waals surface area contributed by atoms with Gasteiger partial charge in [-0.3, -0.25) is 0 Å². The lowest BCUT2D eigenvalue weighted by Crippen LogP contribution is -2.44. The van der Waals surface area contributed by atoms with Crippen molar-refractivity contribution >= 4 is 16.0 Å². The molecule has 0 bridgehead atoms. The Morgan fingerprint density at radius 1 is 1.43 bits per heavy atom. The standard InChI is InChI=1S/C14H22N2O4S/c1-9(2)16-8-11(7-12(16)13(17)18)21(19,20)15-14(3,4)10-5-6-10/h7-10,15H,5-6H2,1-4H3,(H,17,18). The summed E-state index contributed by atoms with van der Waals surface area (Å²) in [5.74, 6) is -0.787. The van der Waals surface area contributed by atoms with Crippen molar-refractivity contribution in [2.75, 3.05) is 0 Å². The zero-order valence-electron chi connectivity index (χ0n) is 12.8. The van der Waals surface area contributed by atoms with E-state index in [-0.39, 0.29) is 16.6 Å². The second-order valence-electron chi connectivity index (χ2n) is 6.47. The second kappa shape index (κ2) is 5.14. The predicted molar refractivity (Wildman–Crippen MR) is 78.9 cm³/mol. The first kappa shape index (κ1) is 16.0. The van der Waals surface area contributed by atoms with Crippen LogP contribution in [0.4, 0.5) is 0 Å². The predicted octanol–water partition coefficient (Wildman–Crippen LogP) is 2.23. The van der Waals surface area contributed by atoms with E-state index in [1.165, 1.54) is 16.8 Å². The molecule has 0 spiro atoms. The lowest BCUT2D eigenvalue weighted by Gasteiger charge is -2.25. The Hall–Kier alpha value is -1.34. The molecule has 6 nitrogen and oxygen atoms in total. The molecule has 1 saturated carbocycles. The Bertz CT molecular complexity index is 655. The SMILES string of the molecule is CC(C)n1cc(S(=O)(=O)NC(C)(C)C2CC2)cc1C(=O)O. The third-order valence-electron chi connectivity index (χ3n) is 3.90. The van der Waals surface area contributed by atoms with Crippen molar-refractivity contribution in [3.05, 3.63) is 18.0 Å². The van der Waals surface area contributed by atoms with Crippen molar-refractivity contribution in [3.63, 3.8) is 0 Å². The zero-order valence-corrected chi connectivity index (χ0v) is 13.6. The average molecular weight is 314 g/mol. The highest BCUT2D eigenvalue weighted by Crippen LogP contribution is 2.40. The summed E-state index contributed by atoms with van der Waals surface area (Å²) in [7, 11) is -3.73. The molecule has 1 heterocycles. The van der Waals surface area contributed by atoms with Gasteiger partial charge in [-0.25, -0.2) is 17.9 Å². The van der Waals surface area contributed by atoms with E-state index in [0.29, 0.717) is 5.92 Å². The maximum atomic E-state index is 12.5.